The number of ether oxygens (including phenoxy) is 2. The zero-order valence-corrected chi connectivity index (χ0v) is 15.2. The molecular formula is C18H37LiO2. The molecule has 0 fully saturated rings. The summed E-state index contributed by atoms with van der Waals surface area (Å²) in [7, 11) is 0. The summed E-state index contributed by atoms with van der Waals surface area (Å²) in [6, 6.07) is 0. The van der Waals surface area contributed by atoms with Gasteiger partial charge in [-0.05, 0) is 12.8 Å². The van der Waals surface area contributed by atoms with E-state index in [1.807, 2.05) is 0 Å². The number of unbranched alkanes of at least 4 members (excludes halogenated alkanes) is 6. The van der Waals surface area contributed by atoms with Crippen molar-refractivity contribution in [3.8, 4) is 0 Å². The zero-order chi connectivity index (χ0) is 14.9. The zero-order valence-electron chi connectivity index (χ0n) is 15.2. The second-order valence-electron chi connectivity index (χ2n) is 5.95. The molecule has 122 valence electrons. The first kappa shape index (κ1) is 23.8. The van der Waals surface area contributed by atoms with Gasteiger partial charge in [0.2, 0.25) is 0 Å². The summed E-state index contributed by atoms with van der Waals surface area (Å²) < 4.78 is 11.0. The predicted octanol–water partition coefficient (Wildman–Crippen LogP) is 2.76. The van der Waals surface area contributed by atoms with E-state index in [-0.39, 0.29) is 18.9 Å². The maximum atomic E-state index is 5.49. The van der Waals surface area contributed by atoms with E-state index in [0.29, 0.717) is 6.79 Å². The Hall–Kier alpha value is 0.517. The van der Waals surface area contributed by atoms with Gasteiger partial charge in [-0.1, -0.05) is 64.7 Å². The molecule has 1 atom stereocenters. The second-order valence-corrected chi connectivity index (χ2v) is 5.95. The molecule has 0 heterocycles. The third-order valence-electron chi connectivity index (χ3n) is 3.68. The SMILES string of the molecule is C[CH-]CC(C)CCCOCOCCCCCCCCC.[Li+]. The van der Waals surface area contributed by atoms with Gasteiger partial charge in [-0.25, -0.2) is 0 Å². The molecule has 0 saturated heterocycles. The summed E-state index contributed by atoms with van der Waals surface area (Å²) in [6.45, 7) is 8.86. The van der Waals surface area contributed by atoms with Crippen LogP contribution in [0.25, 0.3) is 0 Å². The van der Waals surface area contributed by atoms with Crippen LogP contribution in [0, 0.1) is 12.3 Å². The van der Waals surface area contributed by atoms with Crippen LogP contribution in [-0.2, 0) is 9.47 Å². The Morgan fingerprint density at radius 2 is 1.43 bits per heavy atom. The molecule has 0 aromatic carbocycles. The van der Waals surface area contributed by atoms with Crippen molar-refractivity contribution in [3.63, 3.8) is 0 Å². The number of hydrogen-bond donors (Lipinski definition) is 0. The summed E-state index contributed by atoms with van der Waals surface area (Å²) in [5.41, 5.74) is 0. The van der Waals surface area contributed by atoms with Crippen molar-refractivity contribution in [3.05, 3.63) is 6.42 Å². The molecule has 0 aromatic heterocycles. The fourth-order valence-electron chi connectivity index (χ4n) is 2.39. The van der Waals surface area contributed by atoms with Crippen LogP contribution < -0.4 is 18.9 Å². The molecule has 0 bridgehead atoms. The van der Waals surface area contributed by atoms with E-state index in [0.717, 1.165) is 25.6 Å². The van der Waals surface area contributed by atoms with Crippen molar-refractivity contribution in [1.82, 2.24) is 0 Å². The number of rotatable bonds is 16. The van der Waals surface area contributed by atoms with Crippen LogP contribution in [0.2, 0.25) is 0 Å². The molecule has 3 heteroatoms. The van der Waals surface area contributed by atoms with E-state index in [1.54, 1.807) is 0 Å². The summed E-state index contributed by atoms with van der Waals surface area (Å²) in [4.78, 5) is 0. The van der Waals surface area contributed by atoms with Crippen molar-refractivity contribution in [2.75, 3.05) is 20.0 Å². The first-order chi connectivity index (χ1) is 9.81. The van der Waals surface area contributed by atoms with Crippen LogP contribution in [0.5, 0.6) is 0 Å². The van der Waals surface area contributed by atoms with Crippen molar-refractivity contribution in [2.45, 2.75) is 85.0 Å². The standard InChI is InChI=1S/C18H37O2.Li/c1-4-6-7-8-9-10-11-15-19-17-20-16-12-14-18(3)13-5-2;/h5,18H,4,6-17H2,1-3H3;/q-1;+1. The molecule has 0 amide bonds. The van der Waals surface area contributed by atoms with Crippen LogP contribution >= 0.6 is 0 Å². The molecule has 0 aliphatic rings. The van der Waals surface area contributed by atoms with E-state index in [9.17, 15) is 0 Å². The van der Waals surface area contributed by atoms with Gasteiger partial charge in [-0.3, -0.25) is 0 Å². The first-order valence-corrected chi connectivity index (χ1v) is 8.74. The van der Waals surface area contributed by atoms with Crippen LogP contribution in [0.1, 0.15) is 85.0 Å². The second kappa shape index (κ2) is 20.5. The Morgan fingerprint density at radius 3 is 2.05 bits per heavy atom. The van der Waals surface area contributed by atoms with E-state index in [1.165, 1.54) is 57.8 Å². The minimum Gasteiger partial charge on any atom is -0.355 e. The van der Waals surface area contributed by atoms with Crippen LogP contribution in [0.4, 0.5) is 0 Å². The van der Waals surface area contributed by atoms with Gasteiger partial charge in [0.25, 0.3) is 0 Å². The Morgan fingerprint density at radius 1 is 0.857 bits per heavy atom. The molecule has 0 aliphatic heterocycles. The summed E-state index contributed by atoms with van der Waals surface area (Å²) in [5.74, 6) is 0.789. The fraction of sp³-hybridized carbons (Fsp3) is 0.944. The molecule has 0 radical (unpaired) electrons. The van der Waals surface area contributed by atoms with E-state index >= 15 is 0 Å². The summed E-state index contributed by atoms with van der Waals surface area (Å²) in [6.07, 6.45) is 15.2. The van der Waals surface area contributed by atoms with E-state index < -0.39 is 0 Å². The molecule has 2 nitrogen and oxygen atoms in total. The van der Waals surface area contributed by atoms with Gasteiger partial charge in [0.05, 0.1) is 0 Å². The Balaban J connectivity index is 0. The van der Waals surface area contributed by atoms with Crippen LogP contribution in [-0.4, -0.2) is 20.0 Å². The minimum absolute atomic E-state index is 0. The van der Waals surface area contributed by atoms with Crippen molar-refractivity contribution in [2.24, 2.45) is 5.92 Å². The molecule has 0 aromatic rings. The van der Waals surface area contributed by atoms with E-state index in [2.05, 4.69) is 27.2 Å². The van der Waals surface area contributed by atoms with Crippen molar-refractivity contribution < 1.29 is 28.3 Å². The topological polar surface area (TPSA) is 18.5 Å². The van der Waals surface area contributed by atoms with Gasteiger partial charge in [0, 0.05) is 13.2 Å². The molecule has 0 rings (SSSR count). The summed E-state index contributed by atoms with van der Waals surface area (Å²) >= 11 is 0. The van der Waals surface area contributed by atoms with Gasteiger partial charge in [-0.2, -0.15) is 13.3 Å². The third-order valence-corrected chi connectivity index (χ3v) is 3.68. The molecule has 0 N–H and O–H groups in total. The van der Waals surface area contributed by atoms with Crippen molar-refractivity contribution in [1.29, 1.82) is 0 Å². The molecule has 1 unspecified atom stereocenters. The Bertz CT molecular complexity index is 177. The molecule has 0 saturated carbocycles. The molecular weight excluding hydrogens is 255 g/mol. The maximum Gasteiger partial charge on any atom is 1.00 e. The largest absolute Gasteiger partial charge is 1.00 e. The Kier molecular flexibility index (Phi) is 23.2. The molecule has 0 aliphatic carbocycles. The van der Waals surface area contributed by atoms with Crippen LogP contribution in [0.3, 0.4) is 0 Å². The Labute approximate surface area is 145 Å². The number of hydrogen-bond acceptors (Lipinski definition) is 2. The maximum absolute atomic E-state index is 5.49. The quantitative estimate of drug-likeness (QED) is 0.188. The van der Waals surface area contributed by atoms with Gasteiger partial charge in [-0.15, -0.1) is 0 Å². The van der Waals surface area contributed by atoms with Gasteiger partial charge >= 0.3 is 18.9 Å². The minimum atomic E-state index is 0. The van der Waals surface area contributed by atoms with Gasteiger partial charge in [0.1, 0.15) is 6.79 Å². The van der Waals surface area contributed by atoms with Gasteiger partial charge < -0.3 is 15.9 Å². The van der Waals surface area contributed by atoms with Gasteiger partial charge in [0.15, 0.2) is 0 Å². The summed E-state index contributed by atoms with van der Waals surface area (Å²) in [5, 5.41) is 0. The average Bonchev–Trinajstić information content (AvgIpc) is 2.44. The normalized spacial score (nSPS) is 12.1. The first-order valence-electron chi connectivity index (χ1n) is 8.74. The predicted molar refractivity (Wildman–Crippen MR) is 87.8 cm³/mol. The van der Waals surface area contributed by atoms with Crippen molar-refractivity contribution >= 4 is 0 Å². The smallest absolute Gasteiger partial charge is 0.355 e. The van der Waals surface area contributed by atoms with E-state index in [4.69, 9.17) is 9.47 Å². The third kappa shape index (κ3) is 20.5. The fourth-order valence-corrected chi connectivity index (χ4v) is 2.39. The molecule has 21 heavy (non-hydrogen) atoms. The van der Waals surface area contributed by atoms with Crippen LogP contribution in [0.15, 0.2) is 0 Å². The average molecular weight is 292 g/mol. The molecule has 0 spiro atoms. The monoisotopic (exact) mass is 292 g/mol.